The Morgan fingerprint density at radius 3 is 2.14 bits per heavy atom. The predicted octanol–water partition coefficient (Wildman–Crippen LogP) is 5.35. The largest absolute Gasteiger partial charge is 0.506 e. The summed E-state index contributed by atoms with van der Waals surface area (Å²) < 4.78 is 0. The lowest BCUT2D eigenvalue weighted by atomic mass is 10.1. The Kier molecular flexibility index (Phi) is 4.53. The van der Waals surface area contributed by atoms with Crippen molar-refractivity contribution in [3.8, 4) is 0 Å². The summed E-state index contributed by atoms with van der Waals surface area (Å²) in [7, 11) is 0. The van der Waals surface area contributed by atoms with E-state index in [1.165, 1.54) is 0 Å². The Hall–Kier alpha value is -3.66. The molecule has 0 spiro atoms. The van der Waals surface area contributed by atoms with Gasteiger partial charge >= 0.3 is 0 Å². The number of hydrogen-bond acceptors (Lipinski definition) is 3. The van der Waals surface area contributed by atoms with Crippen LogP contribution in [-0.4, -0.2) is 16.7 Å². The molecule has 138 valence electrons. The van der Waals surface area contributed by atoms with Crippen molar-refractivity contribution in [3.05, 3.63) is 101 Å². The van der Waals surface area contributed by atoms with Crippen LogP contribution in [0.5, 0.6) is 0 Å². The van der Waals surface area contributed by atoms with E-state index in [-0.39, 0.29) is 17.2 Å². The second-order valence-electron chi connectivity index (χ2n) is 6.79. The van der Waals surface area contributed by atoms with Crippen molar-refractivity contribution >= 4 is 28.8 Å². The standard InChI is InChI=1S/C24H20N2O2/c1-15-9-3-7-13-19(15)25-22-17-11-5-6-12-18(17)23(27)21(22)24(28)26-20-14-8-4-10-16(20)2/h3-14,27H,1-2H3,(H,26,28). The fourth-order valence-corrected chi connectivity index (χ4v) is 3.32. The monoisotopic (exact) mass is 368 g/mol. The molecule has 0 aliphatic heterocycles. The van der Waals surface area contributed by atoms with Crippen molar-refractivity contribution in [2.75, 3.05) is 5.32 Å². The molecule has 28 heavy (non-hydrogen) atoms. The van der Waals surface area contributed by atoms with Crippen molar-refractivity contribution in [2.24, 2.45) is 4.99 Å². The number of benzene rings is 3. The molecular formula is C24H20N2O2. The topological polar surface area (TPSA) is 61.7 Å². The molecule has 0 fully saturated rings. The molecule has 0 radical (unpaired) electrons. The summed E-state index contributed by atoms with van der Waals surface area (Å²) in [6, 6.07) is 22.6. The van der Waals surface area contributed by atoms with Gasteiger partial charge in [-0.25, -0.2) is 4.99 Å². The predicted molar refractivity (Wildman–Crippen MR) is 113 cm³/mol. The smallest absolute Gasteiger partial charge is 0.261 e. The van der Waals surface area contributed by atoms with Crippen LogP contribution in [0, 0.1) is 13.8 Å². The fraction of sp³-hybridized carbons (Fsp3) is 0.0833. The molecule has 2 N–H and O–H groups in total. The number of nitrogens with one attached hydrogen (secondary N) is 1. The summed E-state index contributed by atoms with van der Waals surface area (Å²) in [6.45, 7) is 3.90. The number of hydrogen-bond donors (Lipinski definition) is 2. The van der Waals surface area contributed by atoms with Gasteiger partial charge in [0.05, 0.1) is 11.4 Å². The van der Waals surface area contributed by atoms with Crippen LogP contribution in [0.3, 0.4) is 0 Å². The van der Waals surface area contributed by atoms with E-state index in [0.29, 0.717) is 17.0 Å². The lowest BCUT2D eigenvalue weighted by molar-refractivity contribution is -0.112. The zero-order valence-corrected chi connectivity index (χ0v) is 15.7. The van der Waals surface area contributed by atoms with Crippen LogP contribution in [-0.2, 0) is 4.79 Å². The third-order valence-corrected chi connectivity index (χ3v) is 4.88. The van der Waals surface area contributed by atoms with Crippen LogP contribution in [0.4, 0.5) is 11.4 Å². The molecule has 0 saturated carbocycles. The van der Waals surface area contributed by atoms with E-state index in [0.717, 1.165) is 22.4 Å². The lowest BCUT2D eigenvalue weighted by Crippen LogP contribution is -2.20. The quantitative estimate of drug-likeness (QED) is 0.655. The summed E-state index contributed by atoms with van der Waals surface area (Å²) in [4.78, 5) is 17.9. The average Bonchev–Trinajstić information content (AvgIpc) is 2.98. The molecule has 0 saturated heterocycles. The molecule has 0 bridgehead atoms. The molecule has 4 heteroatoms. The fourth-order valence-electron chi connectivity index (χ4n) is 3.32. The molecule has 1 aliphatic rings. The maximum atomic E-state index is 13.1. The van der Waals surface area contributed by atoms with Gasteiger partial charge in [-0.1, -0.05) is 60.7 Å². The zero-order valence-electron chi connectivity index (χ0n) is 15.7. The number of aliphatic hydroxyl groups is 1. The van der Waals surface area contributed by atoms with Crippen molar-refractivity contribution in [1.29, 1.82) is 0 Å². The second-order valence-corrected chi connectivity index (χ2v) is 6.79. The molecule has 3 aromatic rings. The first-order valence-electron chi connectivity index (χ1n) is 9.11. The summed E-state index contributed by atoms with van der Waals surface area (Å²) in [5.41, 5.74) is 5.45. The molecule has 0 unspecified atom stereocenters. The zero-order chi connectivity index (χ0) is 19.7. The van der Waals surface area contributed by atoms with Gasteiger partial charge in [-0.2, -0.15) is 0 Å². The first-order chi connectivity index (χ1) is 13.6. The van der Waals surface area contributed by atoms with Gasteiger partial charge in [0.15, 0.2) is 0 Å². The van der Waals surface area contributed by atoms with Crippen LogP contribution in [0.2, 0.25) is 0 Å². The molecule has 1 amide bonds. The SMILES string of the molecule is Cc1ccccc1N=C1C(C(=O)Nc2ccccc2C)=C(O)c2ccccc21. The van der Waals surface area contributed by atoms with E-state index in [2.05, 4.69) is 5.32 Å². The highest BCUT2D eigenvalue weighted by Crippen LogP contribution is 2.34. The van der Waals surface area contributed by atoms with Crippen molar-refractivity contribution in [3.63, 3.8) is 0 Å². The van der Waals surface area contributed by atoms with Gasteiger partial charge in [0, 0.05) is 16.8 Å². The Balaban J connectivity index is 1.82. The Morgan fingerprint density at radius 1 is 0.821 bits per heavy atom. The van der Waals surface area contributed by atoms with Gasteiger partial charge < -0.3 is 10.4 Å². The number of carbonyl (C=O) groups is 1. The Morgan fingerprint density at radius 2 is 1.43 bits per heavy atom. The van der Waals surface area contributed by atoms with Crippen LogP contribution < -0.4 is 5.32 Å². The molecule has 0 heterocycles. The molecule has 3 aromatic carbocycles. The Bertz CT molecular complexity index is 1140. The van der Waals surface area contributed by atoms with Crippen LogP contribution in [0.15, 0.2) is 83.4 Å². The van der Waals surface area contributed by atoms with E-state index in [1.54, 1.807) is 6.07 Å². The third kappa shape index (κ3) is 3.09. The van der Waals surface area contributed by atoms with E-state index >= 15 is 0 Å². The van der Waals surface area contributed by atoms with E-state index in [1.807, 2.05) is 80.6 Å². The van der Waals surface area contributed by atoms with Crippen LogP contribution >= 0.6 is 0 Å². The highest BCUT2D eigenvalue weighted by atomic mass is 16.3. The highest BCUT2D eigenvalue weighted by Gasteiger charge is 2.32. The number of fused-ring (bicyclic) bond motifs is 1. The minimum absolute atomic E-state index is 0.0472. The molecular weight excluding hydrogens is 348 g/mol. The van der Waals surface area contributed by atoms with Gasteiger partial charge in [-0.3, -0.25) is 4.79 Å². The number of carbonyl (C=O) groups excluding carboxylic acids is 1. The highest BCUT2D eigenvalue weighted by molar-refractivity contribution is 6.38. The number of anilines is 1. The van der Waals surface area contributed by atoms with Crippen molar-refractivity contribution in [2.45, 2.75) is 13.8 Å². The number of aliphatic hydroxyl groups excluding tert-OH is 1. The van der Waals surface area contributed by atoms with E-state index in [9.17, 15) is 9.90 Å². The number of amides is 1. The molecule has 4 nitrogen and oxygen atoms in total. The van der Waals surface area contributed by atoms with Crippen molar-refractivity contribution in [1.82, 2.24) is 0 Å². The summed E-state index contributed by atoms with van der Waals surface area (Å²) in [6.07, 6.45) is 0. The minimum atomic E-state index is -0.379. The maximum Gasteiger partial charge on any atom is 0.261 e. The first-order valence-corrected chi connectivity index (χ1v) is 9.11. The number of para-hydroxylation sites is 2. The molecule has 0 atom stereocenters. The summed E-state index contributed by atoms with van der Waals surface area (Å²) in [5.74, 6) is -0.427. The number of rotatable bonds is 3. The average molecular weight is 368 g/mol. The minimum Gasteiger partial charge on any atom is -0.506 e. The molecule has 1 aliphatic carbocycles. The van der Waals surface area contributed by atoms with Gasteiger partial charge in [0.2, 0.25) is 0 Å². The normalized spacial score (nSPS) is 14.3. The number of aryl methyl sites for hydroxylation is 2. The molecule has 4 rings (SSSR count). The molecule has 0 aromatic heterocycles. The Labute approximate surface area is 163 Å². The van der Waals surface area contributed by atoms with Crippen molar-refractivity contribution < 1.29 is 9.90 Å². The lowest BCUT2D eigenvalue weighted by Gasteiger charge is -2.11. The van der Waals surface area contributed by atoms with Gasteiger partial charge in [0.1, 0.15) is 11.3 Å². The number of nitrogens with zero attached hydrogens (tertiary/aromatic N) is 1. The van der Waals surface area contributed by atoms with Gasteiger partial charge in [0.25, 0.3) is 5.91 Å². The van der Waals surface area contributed by atoms with Crippen LogP contribution in [0.25, 0.3) is 5.76 Å². The number of aliphatic imine (C=N–C) groups is 1. The third-order valence-electron chi connectivity index (χ3n) is 4.88. The summed E-state index contributed by atoms with van der Waals surface area (Å²) in [5, 5.41) is 13.7. The van der Waals surface area contributed by atoms with Gasteiger partial charge in [-0.05, 0) is 37.1 Å². The van der Waals surface area contributed by atoms with Gasteiger partial charge in [-0.15, -0.1) is 0 Å². The van der Waals surface area contributed by atoms with E-state index in [4.69, 9.17) is 4.99 Å². The first kappa shape index (κ1) is 17.7. The maximum absolute atomic E-state index is 13.1. The van der Waals surface area contributed by atoms with E-state index < -0.39 is 0 Å². The second kappa shape index (κ2) is 7.16. The van der Waals surface area contributed by atoms with Crippen LogP contribution in [0.1, 0.15) is 22.3 Å². The summed E-state index contributed by atoms with van der Waals surface area (Å²) >= 11 is 0.